The van der Waals surface area contributed by atoms with E-state index in [1.165, 1.54) is 11.1 Å². The van der Waals surface area contributed by atoms with Crippen LogP contribution in [0.4, 0.5) is 0 Å². The highest BCUT2D eigenvalue weighted by atomic mass is 16.5. The van der Waals surface area contributed by atoms with Gasteiger partial charge in [0.1, 0.15) is 5.75 Å². The molecule has 1 atom stereocenters. The third-order valence-electron chi connectivity index (χ3n) is 3.17. The molecule has 0 amide bonds. The molecule has 0 unspecified atom stereocenters. The minimum absolute atomic E-state index is 0.298. The molecule has 94 valence electrons. The number of rotatable bonds is 5. The summed E-state index contributed by atoms with van der Waals surface area (Å²) in [4.78, 5) is 0. The van der Waals surface area contributed by atoms with Crippen LogP contribution in [0.2, 0.25) is 0 Å². The Hall–Kier alpha value is -1.80. The minimum Gasteiger partial charge on any atom is -0.496 e. The number of hydrogen-bond donors (Lipinski definition) is 1. The third-order valence-corrected chi connectivity index (χ3v) is 3.17. The lowest BCUT2D eigenvalue weighted by Gasteiger charge is -2.19. The van der Waals surface area contributed by atoms with Crippen LogP contribution in [0.5, 0.6) is 5.75 Å². The topological polar surface area (TPSA) is 35.2 Å². The zero-order chi connectivity index (χ0) is 12.8. The Labute approximate surface area is 108 Å². The summed E-state index contributed by atoms with van der Waals surface area (Å²) in [6.45, 7) is 0.664. The van der Waals surface area contributed by atoms with Crippen molar-refractivity contribution >= 4 is 0 Å². The lowest BCUT2D eigenvalue weighted by molar-refractivity contribution is 0.406. The molecule has 18 heavy (non-hydrogen) atoms. The van der Waals surface area contributed by atoms with E-state index in [1.54, 1.807) is 7.11 Å². The molecule has 0 saturated carbocycles. The van der Waals surface area contributed by atoms with E-state index in [0.29, 0.717) is 12.5 Å². The molecule has 2 aromatic rings. The molecule has 0 saturated heterocycles. The largest absolute Gasteiger partial charge is 0.496 e. The van der Waals surface area contributed by atoms with E-state index in [4.69, 9.17) is 10.5 Å². The molecule has 2 rings (SSSR count). The van der Waals surface area contributed by atoms with Crippen LogP contribution in [0.3, 0.4) is 0 Å². The second-order valence-corrected chi connectivity index (χ2v) is 4.28. The van der Waals surface area contributed by atoms with Crippen LogP contribution >= 0.6 is 0 Å². The molecule has 0 aliphatic rings. The van der Waals surface area contributed by atoms with Gasteiger partial charge in [-0.15, -0.1) is 0 Å². The summed E-state index contributed by atoms with van der Waals surface area (Å²) in [5.74, 6) is 1.23. The van der Waals surface area contributed by atoms with Gasteiger partial charge in [0.25, 0.3) is 0 Å². The second kappa shape index (κ2) is 6.22. The van der Waals surface area contributed by atoms with Crippen LogP contribution in [0.1, 0.15) is 23.5 Å². The van der Waals surface area contributed by atoms with Crippen molar-refractivity contribution in [3.8, 4) is 5.75 Å². The minimum atomic E-state index is 0.298. The number of hydrogen-bond acceptors (Lipinski definition) is 2. The van der Waals surface area contributed by atoms with Gasteiger partial charge in [-0.25, -0.2) is 0 Å². The Morgan fingerprint density at radius 1 is 1.00 bits per heavy atom. The summed E-state index contributed by atoms with van der Waals surface area (Å²) in [6.07, 6.45) is 0.921. The quantitative estimate of drug-likeness (QED) is 0.872. The van der Waals surface area contributed by atoms with Crippen molar-refractivity contribution in [3.05, 3.63) is 65.7 Å². The van der Waals surface area contributed by atoms with Gasteiger partial charge in [0.2, 0.25) is 0 Å². The Balaban J connectivity index is 2.41. The Morgan fingerprint density at radius 2 is 1.67 bits per heavy atom. The number of methoxy groups -OCH3 is 1. The molecule has 2 aromatic carbocycles. The summed E-state index contributed by atoms with van der Waals surface area (Å²) in [5.41, 5.74) is 8.24. The van der Waals surface area contributed by atoms with E-state index in [-0.39, 0.29) is 0 Å². The Morgan fingerprint density at radius 3 is 2.33 bits per heavy atom. The zero-order valence-corrected chi connectivity index (χ0v) is 10.7. The van der Waals surface area contributed by atoms with Crippen molar-refractivity contribution in [3.63, 3.8) is 0 Å². The third kappa shape index (κ3) is 2.71. The van der Waals surface area contributed by atoms with Gasteiger partial charge in [-0.2, -0.15) is 0 Å². The van der Waals surface area contributed by atoms with Gasteiger partial charge in [0.05, 0.1) is 7.11 Å². The number of nitrogens with two attached hydrogens (primary N) is 1. The molecule has 0 aromatic heterocycles. The van der Waals surface area contributed by atoms with Crippen LogP contribution in [0.15, 0.2) is 54.6 Å². The van der Waals surface area contributed by atoms with Gasteiger partial charge < -0.3 is 10.5 Å². The van der Waals surface area contributed by atoms with Gasteiger partial charge in [-0.1, -0.05) is 48.5 Å². The van der Waals surface area contributed by atoms with Gasteiger partial charge in [0, 0.05) is 11.5 Å². The standard InChI is InChI=1S/C16H19NO/c1-18-16-10-6-5-9-15(16)14(11-12-17)13-7-3-2-4-8-13/h2-10,14H,11-12,17H2,1H3/t14-/m1/s1. The molecule has 0 aliphatic carbocycles. The first-order valence-corrected chi connectivity index (χ1v) is 6.24. The highest BCUT2D eigenvalue weighted by Crippen LogP contribution is 2.33. The molecule has 0 radical (unpaired) electrons. The van der Waals surface area contributed by atoms with Crippen molar-refractivity contribution < 1.29 is 4.74 Å². The fourth-order valence-corrected chi connectivity index (χ4v) is 2.31. The summed E-state index contributed by atoms with van der Waals surface area (Å²) in [5, 5.41) is 0. The smallest absolute Gasteiger partial charge is 0.122 e. The Kier molecular flexibility index (Phi) is 4.37. The number of benzene rings is 2. The summed E-state index contributed by atoms with van der Waals surface area (Å²) < 4.78 is 5.45. The van der Waals surface area contributed by atoms with Gasteiger partial charge in [0.15, 0.2) is 0 Å². The van der Waals surface area contributed by atoms with Gasteiger partial charge >= 0.3 is 0 Å². The summed E-state index contributed by atoms with van der Waals surface area (Å²) >= 11 is 0. The van der Waals surface area contributed by atoms with Gasteiger partial charge in [-0.05, 0) is 24.6 Å². The van der Waals surface area contributed by atoms with Crippen molar-refractivity contribution in [1.82, 2.24) is 0 Å². The fraction of sp³-hybridized carbons (Fsp3) is 0.250. The second-order valence-electron chi connectivity index (χ2n) is 4.28. The highest BCUT2D eigenvalue weighted by Gasteiger charge is 2.16. The maximum Gasteiger partial charge on any atom is 0.122 e. The first kappa shape index (κ1) is 12.7. The predicted molar refractivity (Wildman–Crippen MR) is 75.0 cm³/mol. The Bertz CT molecular complexity index is 481. The maximum absolute atomic E-state index is 5.75. The first-order valence-electron chi connectivity index (χ1n) is 6.24. The van der Waals surface area contributed by atoms with Crippen LogP contribution in [0.25, 0.3) is 0 Å². The molecule has 2 nitrogen and oxygen atoms in total. The van der Waals surface area contributed by atoms with Crippen LogP contribution in [-0.4, -0.2) is 13.7 Å². The maximum atomic E-state index is 5.75. The van der Waals surface area contributed by atoms with Crippen LogP contribution < -0.4 is 10.5 Å². The van der Waals surface area contributed by atoms with E-state index in [0.717, 1.165) is 12.2 Å². The SMILES string of the molecule is COc1ccccc1[C@H](CCN)c1ccccc1. The highest BCUT2D eigenvalue weighted by molar-refractivity contribution is 5.42. The average molecular weight is 241 g/mol. The van der Waals surface area contributed by atoms with Crippen molar-refractivity contribution in [2.75, 3.05) is 13.7 Å². The van der Waals surface area contributed by atoms with E-state index in [1.807, 2.05) is 24.3 Å². The molecule has 0 fully saturated rings. The average Bonchev–Trinajstić information content (AvgIpc) is 2.46. The first-order chi connectivity index (χ1) is 8.86. The summed E-state index contributed by atoms with van der Waals surface area (Å²) in [7, 11) is 1.71. The predicted octanol–water partition coefficient (Wildman–Crippen LogP) is 3.18. The fourth-order valence-electron chi connectivity index (χ4n) is 2.31. The molecule has 0 heterocycles. The molecule has 0 aliphatic heterocycles. The van der Waals surface area contributed by atoms with Crippen molar-refractivity contribution in [2.45, 2.75) is 12.3 Å². The molecular weight excluding hydrogens is 222 g/mol. The van der Waals surface area contributed by atoms with Crippen LogP contribution in [-0.2, 0) is 0 Å². The van der Waals surface area contributed by atoms with Crippen molar-refractivity contribution in [1.29, 1.82) is 0 Å². The van der Waals surface area contributed by atoms with Crippen molar-refractivity contribution in [2.24, 2.45) is 5.73 Å². The lowest BCUT2D eigenvalue weighted by atomic mass is 9.88. The van der Waals surface area contributed by atoms with E-state index < -0.39 is 0 Å². The lowest BCUT2D eigenvalue weighted by Crippen LogP contribution is -2.09. The molecule has 2 heteroatoms. The van der Waals surface area contributed by atoms with Crippen LogP contribution in [0, 0.1) is 0 Å². The molecule has 0 spiro atoms. The van der Waals surface area contributed by atoms with E-state index in [9.17, 15) is 0 Å². The van der Waals surface area contributed by atoms with E-state index in [2.05, 4.69) is 30.3 Å². The summed E-state index contributed by atoms with van der Waals surface area (Å²) in [6, 6.07) is 18.6. The van der Waals surface area contributed by atoms with Gasteiger partial charge in [-0.3, -0.25) is 0 Å². The normalized spacial score (nSPS) is 12.1. The molecule has 2 N–H and O–H groups in total. The molecule has 0 bridgehead atoms. The zero-order valence-electron chi connectivity index (χ0n) is 10.7. The molecular formula is C16H19NO. The monoisotopic (exact) mass is 241 g/mol. The number of para-hydroxylation sites is 1. The van der Waals surface area contributed by atoms with E-state index >= 15 is 0 Å². The number of ether oxygens (including phenoxy) is 1.